The number of fused-ring (bicyclic) bond motifs is 1. The standard InChI is InChI=1S/C21H23NO3/c1-4-19-18(17-7-5-6-8-20(17)25-19)14-22(2)21(23)13-15-9-11-16(24-3)12-10-15/h5-12H,4,13-14H2,1-3H3. The van der Waals surface area contributed by atoms with Gasteiger partial charge in [-0.3, -0.25) is 4.79 Å². The van der Waals surface area contributed by atoms with Crippen molar-refractivity contribution in [2.24, 2.45) is 0 Å². The maximum atomic E-state index is 12.6. The van der Waals surface area contributed by atoms with Crippen LogP contribution in [0.15, 0.2) is 52.9 Å². The van der Waals surface area contributed by atoms with Gasteiger partial charge in [0.15, 0.2) is 0 Å². The molecule has 25 heavy (non-hydrogen) atoms. The van der Waals surface area contributed by atoms with Gasteiger partial charge in [-0.05, 0) is 23.8 Å². The second-order valence-corrected chi connectivity index (χ2v) is 6.13. The van der Waals surface area contributed by atoms with Gasteiger partial charge < -0.3 is 14.1 Å². The highest BCUT2D eigenvalue weighted by Crippen LogP contribution is 2.27. The minimum absolute atomic E-state index is 0.0810. The smallest absolute Gasteiger partial charge is 0.227 e. The zero-order chi connectivity index (χ0) is 17.8. The number of furan rings is 1. The van der Waals surface area contributed by atoms with Crippen LogP contribution in [0.5, 0.6) is 5.75 Å². The van der Waals surface area contributed by atoms with Crippen LogP contribution in [0, 0.1) is 0 Å². The van der Waals surface area contributed by atoms with Gasteiger partial charge >= 0.3 is 0 Å². The molecule has 3 rings (SSSR count). The lowest BCUT2D eigenvalue weighted by Gasteiger charge is -2.17. The van der Waals surface area contributed by atoms with Gasteiger partial charge in [0, 0.05) is 31.0 Å². The van der Waals surface area contributed by atoms with Gasteiger partial charge in [-0.2, -0.15) is 0 Å². The molecule has 3 aromatic rings. The third-order valence-corrected chi connectivity index (χ3v) is 4.44. The zero-order valence-electron chi connectivity index (χ0n) is 14.9. The van der Waals surface area contributed by atoms with E-state index in [1.54, 1.807) is 12.0 Å². The van der Waals surface area contributed by atoms with Gasteiger partial charge in [0.2, 0.25) is 5.91 Å². The fourth-order valence-corrected chi connectivity index (χ4v) is 2.99. The first-order valence-electron chi connectivity index (χ1n) is 8.48. The Bertz CT molecular complexity index is 864. The molecule has 130 valence electrons. The van der Waals surface area contributed by atoms with Gasteiger partial charge in [-0.15, -0.1) is 0 Å². The summed E-state index contributed by atoms with van der Waals surface area (Å²) in [5, 5.41) is 1.09. The van der Waals surface area contributed by atoms with Crippen LogP contribution in [0.25, 0.3) is 11.0 Å². The molecule has 0 spiro atoms. The first-order chi connectivity index (χ1) is 12.1. The first kappa shape index (κ1) is 17.1. The third kappa shape index (κ3) is 3.68. The topological polar surface area (TPSA) is 42.7 Å². The van der Waals surface area contributed by atoms with E-state index in [-0.39, 0.29) is 5.91 Å². The number of aryl methyl sites for hydroxylation is 1. The normalized spacial score (nSPS) is 10.8. The van der Waals surface area contributed by atoms with Gasteiger partial charge in [0.25, 0.3) is 0 Å². The average molecular weight is 337 g/mol. The van der Waals surface area contributed by atoms with E-state index in [1.165, 1.54) is 0 Å². The van der Waals surface area contributed by atoms with Crippen LogP contribution in [-0.2, 0) is 24.2 Å². The molecule has 0 saturated heterocycles. The number of hydrogen-bond acceptors (Lipinski definition) is 3. The largest absolute Gasteiger partial charge is 0.497 e. The van der Waals surface area contributed by atoms with Crippen LogP contribution >= 0.6 is 0 Å². The molecule has 4 nitrogen and oxygen atoms in total. The van der Waals surface area contributed by atoms with Crippen molar-refractivity contribution in [1.29, 1.82) is 0 Å². The molecular formula is C21H23NO3. The van der Waals surface area contributed by atoms with Crippen molar-refractivity contribution in [3.8, 4) is 5.75 Å². The zero-order valence-corrected chi connectivity index (χ0v) is 14.9. The van der Waals surface area contributed by atoms with E-state index >= 15 is 0 Å². The Labute approximate surface area is 148 Å². The predicted molar refractivity (Wildman–Crippen MR) is 98.8 cm³/mol. The fourth-order valence-electron chi connectivity index (χ4n) is 2.99. The second-order valence-electron chi connectivity index (χ2n) is 6.13. The summed E-state index contributed by atoms with van der Waals surface area (Å²) in [6.07, 6.45) is 1.18. The van der Waals surface area contributed by atoms with E-state index in [9.17, 15) is 4.79 Å². The summed E-state index contributed by atoms with van der Waals surface area (Å²) in [7, 11) is 3.47. The van der Waals surface area contributed by atoms with Gasteiger partial charge in [0.1, 0.15) is 17.1 Å². The first-order valence-corrected chi connectivity index (χ1v) is 8.48. The molecule has 0 saturated carbocycles. The highest BCUT2D eigenvalue weighted by Gasteiger charge is 2.17. The minimum atomic E-state index is 0.0810. The van der Waals surface area contributed by atoms with Crippen LogP contribution in [0.3, 0.4) is 0 Å². The van der Waals surface area contributed by atoms with Crippen molar-refractivity contribution in [3.05, 3.63) is 65.4 Å². The van der Waals surface area contributed by atoms with Crippen molar-refractivity contribution in [1.82, 2.24) is 4.90 Å². The number of amides is 1. The van der Waals surface area contributed by atoms with Crippen molar-refractivity contribution in [2.45, 2.75) is 26.3 Å². The lowest BCUT2D eigenvalue weighted by Crippen LogP contribution is -2.28. The number of nitrogens with zero attached hydrogens (tertiary/aromatic N) is 1. The molecule has 0 radical (unpaired) electrons. The molecular weight excluding hydrogens is 314 g/mol. The quantitative estimate of drug-likeness (QED) is 0.677. The molecule has 1 aromatic heterocycles. The molecule has 4 heteroatoms. The van der Waals surface area contributed by atoms with Crippen LogP contribution in [0.4, 0.5) is 0 Å². The SMILES string of the molecule is CCc1oc2ccccc2c1CN(C)C(=O)Cc1ccc(OC)cc1. The Morgan fingerprint density at radius 2 is 1.84 bits per heavy atom. The highest BCUT2D eigenvalue weighted by atomic mass is 16.5. The molecule has 2 aromatic carbocycles. The van der Waals surface area contributed by atoms with Gasteiger partial charge in [-0.1, -0.05) is 37.3 Å². The van der Waals surface area contributed by atoms with Crippen molar-refractivity contribution in [2.75, 3.05) is 14.2 Å². The Morgan fingerprint density at radius 3 is 2.52 bits per heavy atom. The number of benzene rings is 2. The molecule has 0 bridgehead atoms. The molecule has 0 aliphatic carbocycles. The predicted octanol–water partition coefficient (Wildman–Crippen LogP) is 4.20. The van der Waals surface area contributed by atoms with Crippen molar-refractivity contribution in [3.63, 3.8) is 0 Å². The molecule has 0 fully saturated rings. The third-order valence-electron chi connectivity index (χ3n) is 4.44. The Hall–Kier alpha value is -2.75. The van der Waals surface area contributed by atoms with Crippen LogP contribution in [0.1, 0.15) is 23.8 Å². The monoisotopic (exact) mass is 337 g/mol. The number of hydrogen-bond donors (Lipinski definition) is 0. The summed E-state index contributed by atoms with van der Waals surface area (Å²) >= 11 is 0. The number of likely N-dealkylation sites (N-methyl/N-ethyl adjacent to an activating group) is 1. The summed E-state index contributed by atoms with van der Waals surface area (Å²) in [5.74, 6) is 1.82. The van der Waals surface area contributed by atoms with Crippen molar-refractivity contribution >= 4 is 16.9 Å². The fraction of sp³-hybridized carbons (Fsp3) is 0.286. The molecule has 0 atom stereocenters. The number of para-hydroxylation sites is 1. The highest BCUT2D eigenvalue weighted by molar-refractivity contribution is 5.83. The number of rotatable bonds is 6. The molecule has 1 heterocycles. The van der Waals surface area contributed by atoms with E-state index < -0.39 is 0 Å². The van der Waals surface area contributed by atoms with Gasteiger partial charge in [-0.25, -0.2) is 0 Å². The Morgan fingerprint density at radius 1 is 1.12 bits per heavy atom. The van der Waals surface area contributed by atoms with Gasteiger partial charge in [0.05, 0.1) is 13.5 Å². The summed E-state index contributed by atoms with van der Waals surface area (Å²) in [5.41, 5.74) is 2.96. The lowest BCUT2D eigenvalue weighted by atomic mass is 10.1. The maximum Gasteiger partial charge on any atom is 0.227 e. The second kappa shape index (κ2) is 7.43. The number of methoxy groups -OCH3 is 1. The Kier molecular flexibility index (Phi) is 5.08. The molecule has 0 aliphatic heterocycles. The lowest BCUT2D eigenvalue weighted by molar-refractivity contribution is -0.129. The molecule has 0 unspecified atom stereocenters. The van der Waals surface area contributed by atoms with Crippen LogP contribution in [-0.4, -0.2) is 25.0 Å². The maximum absolute atomic E-state index is 12.6. The summed E-state index contributed by atoms with van der Waals surface area (Å²) < 4.78 is 11.1. The number of carbonyl (C=O) groups is 1. The van der Waals surface area contributed by atoms with E-state index in [0.29, 0.717) is 13.0 Å². The summed E-state index contributed by atoms with van der Waals surface area (Å²) in [6, 6.07) is 15.6. The number of carbonyl (C=O) groups excluding carboxylic acids is 1. The van der Waals surface area contributed by atoms with Crippen LogP contribution in [0.2, 0.25) is 0 Å². The van der Waals surface area contributed by atoms with E-state index in [0.717, 1.165) is 40.0 Å². The van der Waals surface area contributed by atoms with Crippen LogP contribution < -0.4 is 4.74 Å². The Balaban J connectivity index is 1.75. The minimum Gasteiger partial charge on any atom is -0.497 e. The van der Waals surface area contributed by atoms with E-state index in [2.05, 4.69) is 13.0 Å². The number of ether oxygens (including phenoxy) is 1. The molecule has 0 aliphatic rings. The van der Waals surface area contributed by atoms with E-state index in [4.69, 9.17) is 9.15 Å². The summed E-state index contributed by atoms with van der Waals surface area (Å²) in [6.45, 7) is 2.62. The average Bonchev–Trinajstić information content (AvgIpc) is 3.00. The van der Waals surface area contributed by atoms with E-state index in [1.807, 2.05) is 49.5 Å². The molecule has 1 amide bonds. The summed E-state index contributed by atoms with van der Waals surface area (Å²) in [4.78, 5) is 14.4. The van der Waals surface area contributed by atoms with Crippen molar-refractivity contribution < 1.29 is 13.9 Å². The molecule has 0 N–H and O–H groups in total.